The lowest BCUT2D eigenvalue weighted by atomic mass is 10.0. The first-order valence-electron chi connectivity index (χ1n) is 6.44. The van der Waals surface area contributed by atoms with E-state index in [2.05, 4.69) is 25.6 Å². The lowest BCUT2D eigenvalue weighted by molar-refractivity contribution is 0.0356. The maximum atomic E-state index is 10.2. The van der Waals surface area contributed by atoms with E-state index in [1.165, 1.54) is 0 Å². The molecule has 8 heteroatoms. The zero-order valence-electron chi connectivity index (χ0n) is 12.8. The molecule has 0 saturated carbocycles. The van der Waals surface area contributed by atoms with Gasteiger partial charge in [0.15, 0.2) is 0 Å². The van der Waals surface area contributed by atoms with Crippen molar-refractivity contribution in [3.63, 3.8) is 0 Å². The number of nitrogens with zero attached hydrogens (tertiary/aromatic N) is 4. The molecular weight excluding hydrogens is 260 g/mol. The molecule has 1 aromatic rings. The fourth-order valence-electron chi connectivity index (χ4n) is 1.44. The molecule has 8 nitrogen and oxygen atoms in total. The summed E-state index contributed by atoms with van der Waals surface area (Å²) in [4.78, 5) is 14.5. The van der Waals surface area contributed by atoms with Crippen LogP contribution in [-0.2, 0) is 4.74 Å². The van der Waals surface area contributed by atoms with Gasteiger partial charge in [0.1, 0.15) is 0 Å². The Hall–Kier alpha value is -1.67. The molecule has 0 fully saturated rings. The molecule has 0 bridgehead atoms. The van der Waals surface area contributed by atoms with Crippen LogP contribution in [0.2, 0.25) is 0 Å². The second kappa shape index (κ2) is 7.20. The third kappa shape index (κ3) is 5.14. The number of methoxy groups -OCH3 is 1. The van der Waals surface area contributed by atoms with Crippen LogP contribution >= 0.6 is 0 Å². The molecule has 1 aromatic heterocycles. The number of aromatic nitrogens is 3. The molecule has 0 aromatic carbocycles. The van der Waals surface area contributed by atoms with Gasteiger partial charge in [-0.25, -0.2) is 0 Å². The molecule has 0 aliphatic heterocycles. The van der Waals surface area contributed by atoms with Crippen molar-refractivity contribution in [3.8, 4) is 0 Å². The predicted molar refractivity (Wildman–Crippen MR) is 79.3 cm³/mol. The second-order valence-corrected chi connectivity index (χ2v) is 5.02. The van der Waals surface area contributed by atoms with Crippen LogP contribution in [0.25, 0.3) is 0 Å². The van der Waals surface area contributed by atoms with Gasteiger partial charge < -0.3 is 25.4 Å². The van der Waals surface area contributed by atoms with Gasteiger partial charge in [0.25, 0.3) is 0 Å². The second-order valence-electron chi connectivity index (χ2n) is 5.02. The van der Waals surface area contributed by atoms with Crippen molar-refractivity contribution in [1.82, 2.24) is 15.0 Å². The molecule has 0 aliphatic rings. The van der Waals surface area contributed by atoms with E-state index in [-0.39, 0.29) is 0 Å². The lowest BCUT2D eigenvalue weighted by Crippen LogP contribution is -2.35. The summed E-state index contributed by atoms with van der Waals surface area (Å²) >= 11 is 0. The van der Waals surface area contributed by atoms with Gasteiger partial charge in [-0.05, 0) is 6.92 Å². The molecule has 3 N–H and O–H groups in total. The molecule has 1 heterocycles. The smallest absolute Gasteiger partial charge is 0.231 e. The first-order chi connectivity index (χ1) is 9.38. The fourth-order valence-corrected chi connectivity index (χ4v) is 1.44. The number of nitrogens with one attached hydrogen (secondary N) is 2. The van der Waals surface area contributed by atoms with Crippen LogP contribution in [0.15, 0.2) is 0 Å². The SMILES string of the molecule is CNc1nc(NCC(C)(O)CCOC)nc(N(C)C)n1. The predicted octanol–water partition coefficient (Wildman–Crippen LogP) is 0.179. The fraction of sp³-hybridized carbons (Fsp3) is 0.750. The topological polar surface area (TPSA) is 95.4 Å². The first kappa shape index (κ1) is 16.4. The van der Waals surface area contributed by atoms with Gasteiger partial charge in [0.2, 0.25) is 17.8 Å². The Morgan fingerprint density at radius 1 is 1.25 bits per heavy atom. The van der Waals surface area contributed by atoms with E-state index in [0.717, 1.165) is 0 Å². The van der Waals surface area contributed by atoms with Crippen molar-refractivity contribution in [1.29, 1.82) is 0 Å². The third-order valence-electron chi connectivity index (χ3n) is 2.72. The zero-order chi connectivity index (χ0) is 15.2. The van der Waals surface area contributed by atoms with Crippen molar-refractivity contribution in [2.75, 3.05) is 56.9 Å². The maximum absolute atomic E-state index is 10.2. The number of aliphatic hydroxyl groups is 1. The van der Waals surface area contributed by atoms with Crippen molar-refractivity contribution < 1.29 is 9.84 Å². The van der Waals surface area contributed by atoms with Crippen LogP contribution < -0.4 is 15.5 Å². The molecule has 20 heavy (non-hydrogen) atoms. The standard InChI is InChI=1S/C12H24N6O2/c1-12(19,6-7-20-5)8-14-10-15-9(13-2)16-11(17-10)18(3)4/h19H,6-8H2,1-5H3,(H2,13,14,15,16,17). The largest absolute Gasteiger partial charge is 0.388 e. The number of rotatable bonds is 8. The zero-order valence-corrected chi connectivity index (χ0v) is 12.8. The highest BCUT2D eigenvalue weighted by Gasteiger charge is 2.20. The van der Waals surface area contributed by atoms with Crippen LogP contribution in [0, 0.1) is 0 Å². The molecule has 1 unspecified atom stereocenters. The average Bonchev–Trinajstić information content (AvgIpc) is 2.42. The van der Waals surface area contributed by atoms with Gasteiger partial charge in [0.05, 0.1) is 5.60 Å². The Morgan fingerprint density at radius 3 is 2.45 bits per heavy atom. The summed E-state index contributed by atoms with van der Waals surface area (Å²) < 4.78 is 4.97. The Labute approximate surface area is 119 Å². The van der Waals surface area contributed by atoms with Gasteiger partial charge in [-0.2, -0.15) is 15.0 Å². The summed E-state index contributed by atoms with van der Waals surface area (Å²) in [6.45, 7) is 2.57. The van der Waals surface area contributed by atoms with E-state index in [4.69, 9.17) is 4.74 Å². The summed E-state index contributed by atoms with van der Waals surface area (Å²) in [6.07, 6.45) is 0.529. The van der Waals surface area contributed by atoms with Crippen LogP contribution in [0.4, 0.5) is 17.8 Å². The summed E-state index contributed by atoms with van der Waals surface area (Å²) in [6, 6.07) is 0. The van der Waals surface area contributed by atoms with Gasteiger partial charge in [-0.15, -0.1) is 0 Å². The number of ether oxygens (including phenoxy) is 1. The number of anilines is 3. The molecular formula is C12H24N6O2. The molecule has 0 saturated heterocycles. The Balaban J connectivity index is 2.74. The normalized spacial score (nSPS) is 13.7. The maximum Gasteiger partial charge on any atom is 0.231 e. The van der Waals surface area contributed by atoms with E-state index < -0.39 is 5.60 Å². The molecule has 114 valence electrons. The average molecular weight is 284 g/mol. The van der Waals surface area contributed by atoms with Crippen LogP contribution in [-0.4, -0.2) is 67.1 Å². The van der Waals surface area contributed by atoms with Crippen molar-refractivity contribution in [3.05, 3.63) is 0 Å². The minimum atomic E-state index is -0.888. The molecule has 1 rings (SSSR count). The minimum absolute atomic E-state index is 0.330. The number of hydrogen-bond donors (Lipinski definition) is 3. The van der Waals surface area contributed by atoms with Gasteiger partial charge >= 0.3 is 0 Å². The highest BCUT2D eigenvalue weighted by molar-refractivity contribution is 5.42. The summed E-state index contributed by atoms with van der Waals surface area (Å²) in [5.74, 6) is 1.44. The molecule has 1 atom stereocenters. The van der Waals surface area contributed by atoms with Gasteiger partial charge in [-0.1, -0.05) is 0 Å². The first-order valence-corrected chi connectivity index (χ1v) is 6.44. The lowest BCUT2D eigenvalue weighted by Gasteiger charge is -2.23. The quantitative estimate of drug-likeness (QED) is 0.622. The highest BCUT2D eigenvalue weighted by atomic mass is 16.5. The molecule has 0 aliphatic carbocycles. The summed E-state index contributed by atoms with van der Waals surface area (Å²) in [7, 11) is 7.06. The van der Waals surface area contributed by atoms with E-state index in [1.54, 1.807) is 26.0 Å². The Bertz CT molecular complexity index is 424. The van der Waals surface area contributed by atoms with E-state index in [9.17, 15) is 5.11 Å². The van der Waals surface area contributed by atoms with E-state index in [1.807, 2.05) is 14.1 Å². The summed E-state index contributed by atoms with van der Waals surface area (Å²) in [5, 5.41) is 16.1. The van der Waals surface area contributed by atoms with Crippen LogP contribution in [0.5, 0.6) is 0 Å². The Kier molecular flexibility index (Phi) is 5.90. The van der Waals surface area contributed by atoms with E-state index in [0.29, 0.717) is 37.4 Å². The monoisotopic (exact) mass is 284 g/mol. The molecule has 0 radical (unpaired) electrons. The van der Waals surface area contributed by atoms with Gasteiger partial charge in [0, 0.05) is 47.8 Å². The molecule has 0 amide bonds. The van der Waals surface area contributed by atoms with Gasteiger partial charge in [-0.3, -0.25) is 0 Å². The van der Waals surface area contributed by atoms with Crippen LogP contribution in [0.1, 0.15) is 13.3 Å². The Morgan fingerprint density at radius 2 is 1.90 bits per heavy atom. The van der Waals surface area contributed by atoms with Crippen molar-refractivity contribution >= 4 is 17.8 Å². The highest BCUT2D eigenvalue weighted by Crippen LogP contribution is 2.14. The van der Waals surface area contributed by atoms with Crippen molar-refractivity contribution in [2.45, 2.75) is 18.9 Å². The summed E-state index contributed by atoms with van der Waals surface area (Å²) in [5.41, 5.74) is -0.888. The van der Waals surface area contributed by atoms with E-state index >= 15 is 0 Å². The minimum Gasteiger partial charge on any atom is -0.388 e. The van der Waals surface area contributed by atoms with Crippen molar-refractivity contribution in [2.24, 2.45) is 0 Å². The van der Waals surface area contributed by atoms with Crippen LogP contribution in [0.3, 0.4) is 0 Å². The molecule has 0 spiro atoms. The number of hydrogen-bond acceptors (Lipinski definition) is 8. The third-order valence-corrected chi connectivity index (χ3v) is 2.72.